The summed E-state index contributed by atoms with van der Waals surface area (Å²) in [6, 6.07) is 7.75. The molecule has 28 heavy (non-hydrogen) atoms. The Hall–Kier alpha value is -2.90. The number of hydrogen-bond acceptors (Lipinski definition) is 7. The summed E-state index contributed by atoms with van der Waals surface area (Å²) in [5.41, 5.74) is 1.90. The summed E-state index contributed by atoms with van der Waals surface area (Å²) in [5.74, 6) is 2.19. The standard InChI is InChI=1S/C21H23N3O3S/c1-26-17-12-16-19(13-18(17)27-2)28-21(24-16)7-4-3-6-15-8-9-20(23-14-15)22-10-5-11-25/h3-4,6-9,12-14,25H,5,10-11H2,1-2H3,(H,22,23)/b6-3+,7-4+/i2-1. The molecule has 146 valence electrons. The molecular formula is C21H23N3O3S. The van der Waals surface area contributed by atoms with Crippen LogP contribution in [0.4, 0.5) is 5.82 Å². The van der Waals surface area contributed by atoms with Crippen molar-refractivity contribution in [3.8, 4) is 11.5 Å². The number of pyridine rings is 1. The summed E-state index contributed by atoms with van der Waals surface area (Å²) >= 11 is 1.60. The molecule has 0 unspecified atom stereocenters. The Bertz CT molecular complexity index is 924. The molecule has 0 saturated carbocycles. The number of aromatic nitrogens is 2. The molecule has 0 fully saturated rings. The van der Waals surface area contributed by atoms with Gasteiger partial charge < -0.3 is 19.9 Å². The van der Waals surface area contributed by atoms with Crippen molar-refractivity contribution < 1.29 is 14.6 Å². The molecule has 0 radical (unpaired) electrons. The predicted octanol–water partition coefficient (Wildman–Crippen LogP) is 4.23. The molecule has 0 aliphatic heterocycles. The maximum atomic E-state index is 8.79. The van der Waals surface area contributed by atoms with Crippen LogP contribution in [0, 0.1) is 0 Å². The minimum absolute atomic E-state index is 0.176. The van der Waals surface area contributed by atoms with E-state index >= 15 is 0 Å². The molecular weight excluding hydrogens is 373 g/mol. The van der Waals surface area contributed by atoms with Crippen molar-refractivity contribution in [3.05, 3.63) is 53.2 Å². The monoisotopic (exact) mass is 396 g/mol. The van der Waals surface area contributed by atoms with Crippen molar-refractivity contribution in [2.45, 2.75) is 6.42 Å². The third kappa shape index (κ3) is 5.09. The Morgan fingerprint density at radius 1 is 1.11 bits per heavy atom. The quantitative estimate of drug-likeness (QED) is 0.416. The molecule has 0 saturated heterocycles. The SMILES string of the molecule is COc1cc2nc(/C=C/C=C/c3ccc(NCCCO)nc3)sc2cc1O[11CH3]. The Morgan fingerprint density at radius 2 is 1.89 bits per heavy atom. The highest BCUT2D eigenvalue weighted by Crippen LogP contribution is 2.34. The van der Waals surface area contributed by atoms with Crippen LogP contribution in [0.1, 0.15) is 17.0 Å². The Kier molecular flexibility index (Phi) is 7.00. The summed E-state index contributed by atoms with van der Waals surface area (Å²) in [7, 11) is 3.25. The lowest BCUT2D eigenvalue weighted by molar-refractivity contribution is 0.292. The lowest BCUT2D eigenvalue weighted by Gasteiger charge is -2.05. The van der Waals surface area contributed by atoms with Gasteiger partial charge in [0.1, 0.15) is 10.8 Å². The van der Waals surface area contributed by atoms with Crippen molar-refractivity contribution in [2.24, 2.45) is 0 Å². The summed E-state index contributed by atoms with van der Waals surface area (Å²) < 4.78 is 11.7. The number of aliphatic hydroxyl groups is 1. The third-order valence-electron chi connectivity index (χ3n) is 3.98. The van der Waals surface area contributed by atoms with Crippen molar-refractivity contribution in [2.75, 3.05) is 32.7 Å². The van der Waals surface area contributed by atoms with E-state index in [2.05, 4.69) is 15.3 Å². The molecule has 2 N–H and O–H groups in total. The number of benzene rings is 1. The number of allylic oxidation sites excluding steroid dienone is 2. The number of aliphatic hydroxyl groups excluding tert-OH is 1. The van der Waals surface area contributed by atoms with Crippen molar-refractivity contribution in [1.82, 2.24) is 9.97 Å². The predicted molar refractivity (Wildman–Crippen MR) is 115 cm³/mol. The fraction of sp³-hybridized carbons (Fsp3) is 0.238. The van der Waals surface area contributed by atoms with Gasteiger partial charge in [0.05, 0.1) is 24.4 Å². The van der Waals surface area contributed by atoms with Crippen LogP contribution >= 0.6 is 11.3 Å². The first-order valence-electron chi connectivity index (χ1n) is 8.91. The van der Waals surface area contributed by atoms with Gasteiger partial charge >= 0.3 is 0 Å². The third-order valence-corrected chi connectivity index (χ3v) is 4.96. The zero-order chi connectivity index (χ0) is 19.8. The molecule has 0 aliphatic carbocycles. The fourth-order valence-electron chi connectivity index (χ4n) is 2.55. The first kappa shape index (κ1) is 19.9. The maximum Gasteiger partial charge on any atom is 0.162 e. The number of anilines is 1. The number of hydrogen-bond donors (Lipinski definition) is 2. The van der Waals surface area contributed by atoms with Crippen molar-refractivity contribution in [3.63, 3.8) is 0 Å². The number of rotatable bonds is 9. The molecule has 2 heterocycles. The van der Waals surface area contributed by atoms with E-state index in [-0.39, 0.29) is 6.61 Å². The highest BCUT2D eigenvalue weighted by molar-refractivity contribution is 7.19. The van der Waals surface area contributed by atoms with Gasteiger partial charge in [-0.25, -0.2) is 9.97 Å². The minimum atomic E-state index is 0.176. The zero-order valence-corrected chi connectivity index (χ0v) is 16.7. The van der Waals surface area contributed by atoms with Crippen molar-refractivity contribution in [1.29, 1.82) is 0 Å². The summed E-state index contributed by atoms with van der Waals surface area (Å²) in [4.78, 5) is 8.96. The zero-order valence-electron chi connectivity index (χ0n) is 15.9. The van der Waals surface area contributed by atoms with E-state index in [0.29, 0.717) is 24.5 Å². The molecule has 6 nitrogen and oxygen atoms in total. The molecule has 1 aromatic carbocycles. The number of nitrogens with zero attached hydrogens (tertiary/aromatic N) is 2. The topological polar surface area (TPSA) is 76.5 Å². The molecule has 3 rings (SSSR count). The maximum absolute atomic E-state index is 8.79. The van der Waals surface area contributed by atoms with E-state index in [4.69, 9.17) is 14.6 Å². The second-order valence-electron chi connectivity index (χ2n) is 5.93. The molecule has 0 spiro atoms. The molecule has 7 heteroatoms. The van der Waals surface area contributed by atoms with Crippen LogP contribution in [-0.2, 0) is 0 Å². The number of thiazole rings is 1. The Morgan fingerprint density at radius 3 is 2.61 bits per heavy atom. The minimum Gasteiger partial charge on any atom is -0.493 e. The van der Waals surface area contributed by atoms with Crippen LogP contribution in [-0.4, -0.2) is 42.4 Å². The van der Waals surface area contributed by atoms with Crippen LogP contribution in [0.3, 0.4) is 0 Å². The first-order chi connectivity index (χ1) is 13.7. The van der Waals surface area contributed by atoms with Gasteiger partial charge in [-0.2, -0.15) is 0 Å². The number of nitrogens with one attached hydrogen (secondary N) is 1. The first-order valence-corrected chi connectivity index (χ1v) is 9.73. The van der Waals surface area contributed by atoms with E-state index in [0.717, 1.165) is 26.6 Å². The molecule has 3 aromatic rings. The highest BCUT2D eigenvalue weighted by Gasteiger charge is 2.09. The van der Waals surface area contributed by atoms with Gasteiger partial charge in [-0.1, -0.05) is 18.2 Å². The summed E-state index contributed by atoms with van der Waals surface area (Å²) in [6.45, 7) is 0.886. The van der Waals surface area contributed by atoms with Crippen LogP contribution in [0.2, 0.25) is 0 Å². The van der Waals surface area contributed by atoms with E-state index in [1.165, 1.54) is 0 Å². The number of ether oxygens (including phenoxy) is 2. The summed E-state index contributed by atoms with van der Waals surface area (Å²) in [6.07, 6.45) is 10.4. The lowest BCUT2D eigenvalue weighted by Crippen LogP contribution is -2.04. The van der Waals surface area contributed by atoms with Crippen LogP contribution in [0.15, 0.2) is 42.6 Å². The fourth-order valence-corrected chi connectivity index (χ4v) is 3.44. The molecule has 0 atom stereocenters. The summed E-state index contributed by atoms with van der Waals surface area (Å²) in [5, 5.41) is 12.9. The van der Waals surface area contributed by atoms with Gasteiger partial charge in [0.15, 0.2) is 11.5 Å². The second kappa shape index (κ2) is 9.87. The molecule has 2 aromatic heterocycles. The average Bonchev–Trinajstić information content (AvgIpc) is 3.13. The van der Waals surface area contributed by atoms with E-state index < -0.39 is 0 Å². The Labute approximate surface area is 168 Å². The van der Waals surface area contributed by atoms with Crippen molar-refractivity contribution >= 4 is 39.5 Å². The highest BCUT2D eigenvalue weighted by atomic mass is 32.1. The molecule has 0 aliphatic rings. The van der Waals surface area contributed by atoms with E-state index in [1.807, 2.05) is 54.8 Å². The molecule has 0 bridgehead atoms. The van der Waals surface area contributed by atoms with Gasteiger partial charge in [0.2, 0.25) is 0 Å². The normalized spacial score (nSPS) is 11.5. The largest absolute Gasteiger partial charge is 0.493 e. The number of fused-ring (bicyclic) bond motifs is 1. The number of methoxy groups -OCH3 is 2. The van der Waals surface area contributed by atoms with Crippen LogP contribution < -0.4 is 14.8 Å². The van der Waals surface area contributed by atoms with Crippen LogP contribution in [0.5, 0.6) is 11.5 Å². The van der Waals surface area contributed by atoms with Gasteiger partial charge in [-0.15, -0.1) is 11.3 Å². The smallest absolute Gasteiger partial charge is 0.162 e. The average molecular weight is 397 g/mol. The van der Waals surface area contributed by atoms with Gasteiger partial charge in [-0.05, 0) is 30.2 Å². The van der Waals surface area contributed by atoms with Gasteiger partial charge in [-0.3, -0.25) is 0 Å². The lowest BCUT2D eigenvalue weighted by atomic mass is 10.2. The van der Waals surface area contributed by atoms with Gasteiger partial charge in [0.25, 0.3) is 0 Å². The van der Waals surface area contributed by atoms with E-state index in [9.17, 15) is 0 Å². The van der Waals surface area contributed by atoms with E-state index in [1.54, 1.807) is 25.6 Å². The van der Waals surface area contributed by atoms with Crippen LogP contribution in [0.25, 0.3) is 22.4 Å². The second-order valence-corrected chi connectivity index (χ2v) is 6.99. The Balaban J connectivity index is 1.63. The molecule has 0 amide bonds. The van der Waals surface area contributed by atoms with Gasteiger partial charge in [0, 0.05) is 31.5 Å².